The van der Waals surface area contributed by atoms with Gasteiger partial charge in [-0.3, -0.25) is 29.1 Å². The monoisotopic (exact) mass is 1220 g/mol. The fourth-order valence-corrected chi connectivity index (χ4v) is 29.2. The zero-order valence-corrected chi connectivity index (χ0v) is 52.1. The molecule has 0 bridgehead atoms. The van der Waals surface area contributed by atoms with Gasteiger partial charge in [0.05, 0.1) is 16.8 Å². The molecule has 6 heteroatoms. The number of carbonyl (C=O) groups is 1. The third-order valence-corrected chi connectivity index (χ3v) is 31.1. The van der Waals surface area contributed by atoms with Crippen LogP contribution in [-0.4, -0.2) is 15.8 Å². The maximum absolute atomic E-state index is 18.9. The van der Waals surface area contributed by atoms with E-state index in [1.807, 2.05) is 0 Å². The van der Waals surface area contributed by atoms with Crippen molar-refractivity contribution >= 4 is 340 Å². The van der Waals surface area contributed by atoms with Crippen molar-refractivity contribution in [2.45, 2.75) is 63.2 Å². The van der Waals surface area contributed by atoms with E-state index in [1.54, 1.807) is 0 Å². The molecule has 34 aromatic rings. The van der Waals surface area contributed by atoms with Gasteiger partial charge in [-0.05, 0) is 192 Å². The number of aromatic nitrogens is 2. The molecule has 0 unspecified atom stereocenters. The minimum atomic E-state index is -1.62. The minimum Gasteiger partial charge on any atom is -0.292 e. The fraction of sp³-hybridized carbons (Fsp3) is 0.109. The number of ketones is 1. The molecule has 3 aliphatic carbocycles. The molecule has 3 aliphatic rings. The lowest BCUT2D eigenvalue weighted by atomic mass is 9.51. The van der Waals surface area contributed by atoms with E-state index >= 15 is 19.2 Å². The van der Waals surface area contributed by atoms with E-state index in [9.17, 15) is 0 Å². The van der Waals surface area contributed by atoms with Crippen LogP contribution in [0.15, 0.2) is 62.9 Å². The normalized spacial score (nSPS) is 19.9. The highest BCUT2D eigenvalue weighted by molar-refractivity contribution is 6.82. The Balaban J connectivity index is 1.05. The van der Waals surface area contributed by atoms with Crippen LogP contribution in [-0.2, 0) is 21.7 Å². The Morgan fingerprint density at radius 1 is 0.224 bits per heavy atom. The molecule has 0 saturated heterocycles. The summed E-state index contributed by atoms with van der Waals surface area (Å²) in [7, 11) is 0. The first-order chi connectivity index (χ1) is 47.8. The van der Waals surface area contributed by atoms with Gasteiger partial charge in [0, 0.05) is 211 Å². The molecule has 0 amide bonds. The predicted molar refractivity (Wildman–Crippen MR) is 406 cm³/mol. The maximum atomic E-state index is 18.9. The summed E-state index contributed by atoms with van der Waals surface area (Å²) in [6.45, 7) is 13.3. The molecule has 0 aliphatic heterocycles. The number of hydrogen-bond acceptors (Lipinski definition) is 6. The highest BCUT2D eigenvalue weighted by Gasteiger charge is 2.61. The van der Waals surface area contributed by atoms with Crippen molar-refractivity contribution in [3.8, 4) is 0 Å². The summed E-state index contributed by atoms with van der Waals surface area (Å²) >= 11 is 0. The summed E-state index contributed by atoms with van der Waals surface area (Å²) in [5, 5.41) is 74.3. The molecule has 6 nitrogen and oxygen atoms in total. The first-order valence-corrected chi connectivity index (χ1v) is 35.4. The van der Waals surface area contributed by atoms with Gasteiger partial charge in [-0.2, -0.15) is 0 Å². The van der Waals surface area contributed by atoms with E-state index in [-0.39, 0.29) is 11.2 Å². The van der Waals surface area contributed by atoms with Gasteiger partial charge in [0.15, 0.2) is 11.2 Å². The van der Waals surface area contributed by atoms with E-state index in [0.717, 1.165) is 136 Å². The molecule has 2 atom stereocenters. The molecular formula is C92H26N2O4. The smallest absolute Gasteiger partial charge is 0.234 e. The Morgan fingerprint density at radius 3 is 0.796 bits per heavy atom. The van der Waals surface area contributed by atoms with E-state index in [2.05, 4.69) is 90.1 Å². The minimum absolute atomic E-state index is 0.120. The second-order valence-electron chi connectivity index (χ2n) is 35.3. The van der Waals surface area contributed by atoms with Crippen molar-refractivity contribution in [1.29, 1.82) is 0 Å². The van der Waals surface area contributed by atoms with Crippen molar-refractivity contribution < 1.29 is 4.79 Å². The van der Waals surface area contributed by atoms with Crippen LogP contribution in [0.25, 0.3) is 334 Å². The summed E-state index contributed by atoms with van der Waals surface area (Å²) in [6.07, 6.45) is 4.57. The molecule has 0 radical (unpaired) electrons. The number of pyridine rings is 2. The highest BCUT2D eigenvalue weighted by atomic mass is 16.2. The molecule has 2 aromatic heterocycles. The standard InChI is InChI=1S/C92H26N2O4/c1-89(2,3)15-9-7-11-17(93-15)91-13-14-92(18-12-8-10-16(94-18)90(4,5)6)84-76-66-56-44-34-27-25-19-20-23-21-24-22(19)30-36-29(25)37-40(34)50(56)62-60-47(37)46(36)57-51-41(30)32(24)42-35-28(21)38-31(23)39-33(26(20)27)43(44)55-49(39)61-48(38)54-45(35)53-59-52(42)58(51)67(77-68(57)70(60)79(85(77)95)80(72(62)76)88(92)98)69(59)78-73-63(53)64(54)74(71(61)75(65(55)66)83(84)91)82(91)81(73)87(97)86(78)96/h7-14H,1-6H3/t91-,92-/m0/s1. The molecular weight excluding hydrogens is 1200 g/mol. The van der Waals surface area contributed by atoms with Crippen LogP contribution in [0.5, 0.6) is 0 Å². The van der Waals surface area contributed by atoms with Gasteiger partial charge >= 0.3 is 0 Å². The number of nitrogens with zero attached hydrogens (tertiary/aromatic N) is 2. The Hall–Kier alpha value is -11.9. The molecule has 32 aromatic carbocycles. The van der Waals surface area contributed by atoms with Crippen LogP contribution in [0.2, 0.25) is 0 Å². The molecule has 0 N–H and O–H groups in total. The van der Waals surface area contributed by atoms with Gasteiger partial charge in [-0.25, -0.2) is 0 Å². The molecule has 37 rings (SSSR count). The van der Waals surface area contributed by atoms with Crippen LogP contribution in [0, 0.1) is 0 Å². The molecule has 428 valence electrons. The zero-order valence-electron chi connectivity index (χ0n) is 52.1. The third-order valence-electron chi connectivity index (χ3n) is 31.1. The van der Waals surface area contributed by atoms with Crippen LogP contribution < -0.4 is 16.3 Å². The average Bonchev–Trinajstić information content (AvgIpc) is 1.35. The van der Waals surface area contributed by atoms with Crippen LogP contribution in [0.4, 0.5) is 0 Å². The zero-order chi connectivity index (χ0) is 61.8. The third kappa shape index (κ3) is 2.67. The number of benzene rings is 22. The van der Waals surface area contributed by atoms with Gasteiger partial charge in [-0.1, -0.05) is 65.8 Å². The molecule has 0 spiro atoms. The first kappa shape index (κ1) is 41.9. The second kappa shape index (κ2) is 10.1. The Labute approximate surface area is 538 Å². The quantitative estimate of drug-likeness (QED) is 0.0741. The average molecular weight is 1220 g/mol. The lowest BCUT2D eigenvalue weighted by molar-refractivity contribution is 0.0937. The van der Waals surface area contributed by atoms with Gasteiger partial charge in [0.1, 0.15) is 5.41 Å². The van der Waals surface area contributed by atoms with Gasteiger partial charge < -0.3 is 0 Å². The Morgan fingerprint density at radius 2 is 0.449 bits per heavy atom. The van der Waals surface area contributed by atoms with Crippen molar-refractivity contribution in [3.05, 3.63) is 124 Å². The Bertz CT molecular complexity index is 10200. The highest BCUT2D eigenvalue weighted by Crippen LogP contribution is 2.80. The fourth-order valence-electron chi connectivity index (χ4n) is 29.2. The summed E-state index contributed by atoms with van der Waals surface area (Å²) in [6, 6.07) is 12.9. The SMILES string of the molecule is CC(C)(C)c1cccc([C@@]23C=C[C@]4(c5cccc(C(C)(C)C)n5)c5c6c(=O)c(=O)c7c6c6c8c5c5c9c4c2c2c4c(c%10c(=O)c%11c%12c7c7c6c6c8c8c5c5c%13c9c2c2c9c4c4c%10c%11c%10c%11c%12c7c7c6c6c8c8c5c5c%13c2c2c9c9c4c%10c4c9c9c2c5c2c8c6c5c7c%11c4c5c92)C3=O)n1. The molecule has 2 heterocycles. The number of Topliss-reactive ketones (excluding diaryl/α,β-unsaturated/α-hetero) is 1. The summed E-state index contributed by atoms with van der Waals surface area (Å²) in [4.78, 5) is 83.8. The van der Waals surface area contributed by atoms with E-state index in [0.29, 0.717) is 32.8 Å². The summed E-state index contributed by atoms with van der Waals surface area (Å²) in [5.41, 5.74) is 1.47. The number of allylic oxidation sites excluding steroid dienone is 2. The molecule has 0 saturated carbocycles. The number of fused-ring (bicyclic) bond motifs is 6. The molecule has 98 heavy (non-hydrogen) atoms. The summed E-state index contributed by atoms with van der Waals surface area (Å²) < 4.78 is 0. The van der Waals surface area contributed by atoms with Crippen molar-refractivity contribution in [2.75, 3.05) is 0 Å². The number of hydrogen-bond donors (Lipinski definition) is 0. The van der Waals surface area contributed by atoms with E-state index in [4.69, 9.17) is 9.97 Å². The Kier molecular flexibility index (Phi) is 4.32. The van der Waals surface area contributed by atoms with E-state index < -0.39 is 32.5 Å². The summed E-state index contributed by atoms with van der Waals surface area (Å²) in [5.74, 6) is -0.120. The van der Waals surface area contributed by atoms with Gasteiger partial charge in [-0.15, -0.1) is 0 Å². The van der Waals surface area contributed by atoms with Gasteiger partial charge in [0.2, 0.25) is 10.9 Å². The van der Waals surface area contributed by atoms with Crippen molar-refractivity contribution in [1.82, 2.24) is 9.97 Å². The van der Waals surface area contributed by atoms with E-state index in [1.165, 1.54) is 210 Å². The number of carbonyl (C=O) groups excluding carboxylic acids is 1. The maximum Gasteiger partial charge on any atom is 0.234 e. The lowest BCUT2D eigenvalue weighted by Gasteiger charge is -2.49. The molecule has 0 fully saturated rings. The number of rotatable bonds is 2. The van der Waals surface area contributed by atoms with Crippen LogP contribution >= 0.6 is 0 Å². The topological polar surface area (TPSA) is 94.1 Å². The largest absolute Gasteiger partial charge is 0.292 e. The van der Waals surface area contributed by atoms with Gasteiger partial charge in [0.25, 0.3) is 0 Å². The van der Waals surface area contributed by atoms with Crippen molar-refractivity contribution in [3.63, 3.8) is 0 Å². The first-order valence-electron chi connectivity index (χ1n) is 35.4. The van der Waals surface area contributed by atoms with Crippen LogP contribution in [0.1, 0.15) is 91.4 Å². The lowest BCUT2D eigenvalue weighted by Crippen LogP contribution is -2.47. The van der Waals surface area contributed by atoms with Crippen molar-refractivity contribution in [2.24, 2.45) is 0 Å². The second-order valence-corrected chi connectivity index (χ2v) is 35.3. The predicted octanol–water partition coefficient (Wildman–Crippen LogP) is 21.6. The van der Waals surface area contributed by atoms with Crippen LogP contribution in [0.3, 0.4) is 0 Å².